The third-order valence-electron chi connectivity index (χ3n) is 3.18. The van der Waals surface area contributed by atoms with Crippen LogP contribution in [0.25, 0.3) is 11.3 Å². The van der Waals surface area contributed by atoms with Crippen LogP contribution in [-0.4, -0.2) is 9.97 Å². The summed E-state index contributed by atoms with van der Waals surface area (Å²) in [7, 11) is 0. The molecule has 92 valence electrons. The lowest BCUT2D eigenvalue weighted by Gasteiger charge is -2.10. The molecular weight excluding hydrogens is 267 g/mol. The quantitative estimate of drug-likeness (QED) is 0.748. The van der Waals surface area contributed by atoms with E-state index in [-0.39, 0.29) is 0 Å². The molecule has 4 heteroatoms. The Morgan fingerprint density at radius 3 is 2.50 bits per heavy atom. The summed E-state index contributed by atoms with van der Waals surface area (Å²) in [5.74, 6) is 1.32. The average molecular weight is 279 g/mol. The van der Waals surface area contributed by atoms with Crippen LogP contribution >= 0.6 is 23.2 Å². The number of hydrogen-bond acceptors (Lipinski definition) is 2. The molecule has 1 aliphatic carbocycles. The zero-order valence-electron chi connectivity index (χ0n) is 9.95. The first-order valence-electron chi connectivity index (χ1n) is 5.95. The number of benzene rings is 1. The van der Waals surface area contributed by atoms with Gasteiger partial charge in [0.25, 0.3) is 0 Å². The molecule has 1 aliphatic rings. The normalized spacial score (nSPS) is 14.8. The van der Waals surface area contributed by atoms with Crippen LogP contribution in [0.1, 0.15) is 30.1 Å². The van der Waals surface area contributed by atoms with Crippen LogP contribution in [0.2, 0.25) is 10.2 Å². The number of hydrogen-bond donors (Lipinski definition) is 0. The minimum atomic E-state index is 0.476. The van der Waals surface area contributed by atoms with E-state index in [1.54, 1.807) is 0 Å². The van der Waals surface area contributed by atoms with Crippen LogP contribution in [0.15, 0.2) is 24.3 Å². The first-order valence-corrected chi connectivity index (χ1v) is 6.71. The molecule has 1 fully saturated rings. The van der Waals surface area contributed by atoms with E-state index in [0.717, 1.165) is 35.5 Å². The molecule has 2 aromatic rings. The van der Waals surface area contributed by atoms with E-state index >= 15 is 0 Å². The van der Waals surface area contributed by atoms with Crippen LogP contribution in [0.5, 0.6) is 0 Å². The van der Waals surface area contributed by atoms with Crippen molar-refractivity contribution in [3.8, 4) is 11.3 Å². The molecule has 1 saturated carbocycles. The highest BCUT2D eigenvalue weighted by Crippen LogP contribution is 2.40. The van der Waals surface area contributed by atoms with Crippen molar-refractivity contribution in [1.29, 1.82) is 0 Å². The standard InChI is InChI=1S/C14H12Cl2N2/c1-8-12(10-4-2-3-5-11(10)15)17-14(9-6-7-9)18-13(8)16/h2-5,9H,6-7H2,1H3. The van der Waals surface area contributed by atoms with Gasteiger partial charge in [-0.3, -0.25) is 0 Å². The van der Waals surface area contributed by atoms with Gasteiger partial charge in [-0.25, -0.2) is 9.97 Å². The fourth-order valence-corrected chi connectivity index (χ4v) is 2.35. The number of halogens is 2. The Hall–Kier alpha value is -1.12. The van der Waals surface area contributed by atoms with Crippen LogP contribution < -0.4 is 0 Å². The van der Waals surface area contributed by atoms with E-state index in [1.165, 1.54) is 0 Å². The summed E-state index contributed by atoms with van der Waals surface area (Å²) in [4.78, 5) is 9.01. The van der Waals surface area contributed by atoms with E-state index < -0.39 is 0 Å². The number of aromatic nitrogens is 2. The van der Waals surface area contributed by atoms with Gasteiger partial charge >= 0.3 is 0 Å². The number of nitrogens with zero attached hydrogens (tertiary/aromatic N) is 2. The second kappa shape index (κ2) is 4.52. The molecule has 1 heterocycles. The Labute approximate surface area is 116 Å². The van der Waals surface area contributed by atoms with Crippen LogP contribution in [0, 0.1) is 6.92 Å². The van der Waals surface area contributed by atoms with Crippen molar-refractivity contribution in [2.75, 3.05) is 0 Å². The Bertz CT molecular complexity index is 607. The Morgan fingerprint density at radius 2 is 1.83 bits per heavy atom. The first-order chi connectivity index (χ1) is 8.66. The van der Waals surface area contributed by atoms with Gasteiger partial charge in [0.05, 0.1) is 5.69 Å². The summed E-state index contributed by atoms with van der Waals surface area (Å²) in [5, 5.41) is 1.22. The van der Waals surface area contributed by atoms with Crippen LogP contribution in [-0.2, 0) is 0 Å². The lowest BCUT2D eigenvalue weighted by atomic mass is 10.1. The van der Waals surface area contributed by atoms with Gasteiger partial charge in [0.1, 0.15) is 11.0 Å². The first kappa shape index (κ1) is 11.9. The predicted molar refractivity (Wildman–Crippen MR) is 74.2 cm³/mol. The maximum Gasteiger partial charge on any atom is 0.136 e. The molecule has 1 aromatic heterocycles. The molecule has 0 N–H and O–H groups in total. The predicted octanol–water partition coefficient (Wildman–Crippen LogP) is 4.64. The van der Waals surface area contributed by atoms with Gasteiger partial charge in [0.15, 0.2) is 0 Å². The van der Waals surface area contributed by atoms with Crippen molar-refractivity contribution >= 4 is 23.2 Å². The summed E-state index contributed by atoms with van der Waals surface area (Å²) in [6, 6.07) is 7.69. The largest absolute Gasteiger partial charge is 0.232 e. The van der Waals surface area contributed by atoms with Gasteiger partial charge in [-0.1, -0.05) is 41.4 Å². The van der Waals surface area contributed by atoms with Gasteiger partial charge in [0.2, 0.25) is 0 Å². The molecule has 0 atom stereocenters. The molecule has 1 aromatic carbocycles. The van der Waals surface area contributed by atoms with Crippen LogP contribution in [0.3, 0.4) is 0 Å². The molecular formula is C14H12Cl2N2. The minimum Gasteiger partial charge on any atom is -0.232 e. The molecule has 0 aliphatic heterocycles. The molecule has 18 heavy (non-hydrogen) atoms. The van der Waals surface area contributed by atoms with Crippen molar-refractivity contribution in [3.63, 3.8) is 0 Å². The molecule has 0 saturated heterocycles. The Balaban J connectivity index is 2.18. The zero-order valence-corrected chi connectivity index (χ0v) is 11.5. The smallest absolute Gasteiger partial charge is 0.136 e. The highest BCUT2D eigenvalue weighted by molar-refractivity contribution is 6.33. The highest BCUT2D eigenvalue weighted by Gasteiger charge is 2.28. The van der Waals surface area contributed by atoms with Gasteiger partial charge in [-0.15, -0.1) is 0 Å². The van der Waals surface area contributed by atoms with E-state index in [2.05, 4.69) is 9.97 Å². The molecule has 0 radical (unpaired) electrons. The van der Waals surface area contributed by atoms with Crippen molar-refractivity contribution in [2.24, 2.45) is 0 Å². The van der Waals surface area contributed by atoms with Crippen molar-refractivity contribution in [3.05, 3.63) is 45.8 Å². The summed E-state index contributed by atoms with van der Waals surface area (Å²) in [6.45, 7) is 1.93. The summed E-state index contributed by atoms with van der Waals surface area (Å²) < 4.78 is 0. The molecule has 0 spiro atoms. The van der Waals surface area contributed by atoms with E-state index in [0.29, 0.717) is 16.1 Å². The average Bonchev–Trinajstić information content (AvgIpc) is 3.18. The summed E-state index contributed by atoms with van der Waals surface area (Å²) in [5.41, 5.74) is 2.65. The third kappa shape index (κ3) is 2.11. The molecule has 0 bridgehead atoms. The molecule has 0 unspecified atom stereocenters. The molecule has 0 amide bonds. The maximum atomic E-state index is 6.23. The van der Waals surface area contributed by atoms with Gasteiger partial charge < -0.3 is 0 Å². The van der Waals surface area contributed by atoms with Gasteiger partial charge in [-0.05, 0) is 25.8 Å². The van der Waals surface area contributed by atoms with E-state index in [9.17, 15) is 0 Å². The molecule has 2 nitrogen and oxygen atoms in total. The fraction of sp³-hybridized carbons (Fsp3) is 0.286. The lowest BCUT2D eigenvalue weighted by molar-refractivity contribution is 0.922. The molecule has 3 rings (SSSR count). The lowest BCUT2D eigenvalue weighted by Crippen LogP contribution is -1.99. The van der Waals surface area contributed by atoms with Crippen molar-refractivity contribution in [2.45, 2.75) is 25.7 Å². The highest BCUT2D eigenvalue weighted by atomic mass is 35.5. The Kier molecular flexibility index (Phi) is 3.00. The fourth-order valence-electron chi connectivity index (χ4n) is 1.95. The Morgan fingerprint density at radius 1 is 1.11 bits per heavy atom. The SMILES string of the molecule is Cc1c(Cl)nc(C2CC2)nc1-c1ccccc1Cl. The number of rotatable bonds is 2. The van der Waals surface area contributed by atoms with E-state index in [1.807, 2.05) is 31.2 Å². The van der Waals surface area contributed by atoms with Gasteiger partial charge in [0, 0.05) is 22.1 Å². The van der Waals surface area contributed by atoms with Crippen molar-refractivity contribution in [1.82, 2.24) is 9.97 Å². The van der Waals surface area contributed by atoms with Crippen molar-refractivity contribution < 1.29 is 0 Å². The minimum absolute atomic E-state index is 0.476. The topological polar surface area (TPSA) is 25.8 Å². The second-order valence-corrected chi connectivity index (χ2v) is 5.37. The monoisotopic (exact) mass is 278 g/mol. The maximum absolute atomic E-state index is 6.23. The summed E-state index contributed by atoms with van der Waals surface area (Å²) >= 11 is 12.4. The zero-order chi connectivity index (χ0) is 12.7. The summed E-state index contributed by atoms with van der Waals surface area (Å²) in [6.07, 6.45) is 2.31. The van der Waals surface area contributed by atoms with Gasteiger partial charge in [-0.2, -0.15) is 0 Å². The third-order valence-corrected chi connectivity index (χ3v) is 3.87. The van der Waals surface area contributed by atoms with Crippen LogP contribution in [0.4, 0.5) is 0 Å². The van der Waals surface area contributed by atoms with E-state index in [4.69, 9.17) is 23.2 Å². The second-order valence-electron chi connectivity index (χ2n) is 4.60.